The van der Waals surface area contributed by atoms with Gasteiger partial charge < -0.3 is 5.32 Å². The summed E-state index contributed by atoms with van der Waals surface area (Å²) in [5, 5.41) is 13.4. The van der Waals surface area contributed by atoms with Crippen molar-refractivity contribution in [1.82, 2.24) is 24.8 Å². The Morgan fingerprint density at radius 3 is 2.70 bits per heavy atom. The van der Waals surface area contributed by atoms with Gasteiger partial charge in [0.2, 0.25) is 21.7 Å². The van der Waals surface area contributed by atoms with Crippen LogP contribution in [0.15, 0.2) is 36.6 Å². The van der Waals surface area contributed by atoms with E-state index in [0.29, 0.717) is 0 Å². The number of rotatable bonds is 9. The summed E-state index contributed by atoms with van der Waals surface area (Å²) in [6, 6.07) is 3.71. The van der Waals surface area contributed by atoms with Gasteiger partial charge in [0.05, 0.1) is 22.5 Å². The third kappa shape index (κ3) is 5.06. The molecule has 0 amide bonds. The SMILES string of the molecule is O=c1onc(-c2nonc2NCCS(=O)(=O)NCC(F)F)n1-c1ccc(F)c(Br)c1. The first-order valence-electron chi connectivity index (χ1n) is 8.04. The van der Waals surface area contributed by atoms with Crippen molar-refractivity contribution in [1.29, 1.82) is 0 Å². The van der Waals surface area contributed by atoms with E-state index >= 15 is 0 Å². The van der Waals surface area contributed by atoms with E-state index in [4.69, 9.17) is 0 Å². The standard InChI is InChI=1S/C14H12BrF3N6O5S/c15-8-5-7(1-2-9(8)16)24-13(23-28-14(24)25)11-12(22-29-21-11)19-3-4-30(26,27)20-6-10(17)18/h1-2,5,10,20H,3-4,6H2,(H,19,22). The van der Waals surface area contributed by atoms with Crippen LogP contribution in [0.1, 0.15) is 0 Å². The lowest BCUT2D eigenvalue weighted by Gasteiger charge is -2.07. The van der Waals surface area contributed by atoms with Gasteiger partial charge in [0.25, 0.3) is 6.43 Å². The molecule has 0 spiro atoms. The van der Waals surface area contributed by atoms with E-state index in [9.17, 15) is 26.4 Å². The Balaban J connectivity index is 1.81. The highest BCUT2D eigenvalue weighted by atomic mass is 79.9. The molecule has 3 rings (SSSR count). The van der Waals surface area contributed by atoms with Crippen molar-refractivity contribution in [3.05, 3.63) is 39.0 Å². The van der Waals surface area contributed by atoms with Crippen LogP contribution >= 0.6 is 15.9 Å². The van der Waals surface area contributed by atoms with Gasteiger partial charge in [0.1, 0.15) is 5.82 Å². The zero-order valence-electron chi connectivity index (χ0n) is 14.7. The Labute approximate surface area is 174 Å². The van der Waals surface area contributed by atoms with Crippen molar-refractivity contribution in [2.24, 2.45) is 0 Å². The first kappa shape index (κ1) is 22.0. The van der Waals surface area contributed by atoms with E-state index in [1.807, 2.05) is 0 Å². The molecule has 1 aromatic carbocycles. The lowest BCUT2D eigenvalue weighted by molar-refractivity contribution is 0.153. The second-order valence-corrected chi connectivity index (χ2v) is 8.43. The average molecular weight is 513 g/mol. The molecule has 3 aromatic rings. The smallest absolute Gasteiger partial charge is 0.364 e. The van der Waals surface area contributed by atoms with E-state index < -0.39 is 40.3 Å². The van der Waals surface area contributed by atoms with E-state index in [2.05, 4.69) is 45.9 Å². The van der Waals surface area contributed by atoms with E-state index in [1.165, 1.54) is 12.1 Å². The van der Waals surface area contributed by atoms with Gasteiger partial charge in [-0.25, -0.2) is 40.3 Å². The summed E-state index contributed by atoms with van der Waals surface area (Å²) < 4.78 is 73.2. The van der Waals surface area contributed by atoms with Crippen molar-refractivity contribution < 1.29 is 30.7 Å². The van der Waals surface area contributed by atoms with Crippen LogP contribution in [-0.2, 0) is 10.0 Å². The molecule has 2 N–H and O–H groups in total. The number of alkyl halides is 2. The van der Waals surface area contributed by atoms with Gasteiger partial charge in [-0.2, -0.15) is 0 Å². The minimum atomic E-state index is -3.96. The summed E-state index contributed by atoms with van der Waals surface area (Å²) in [5.41, 5.74) is 0.0940. The number of hydrogen-bond acceptors (Lipinski definition) is 9. The number of anilines is 1. The Kier molecular flexibility index (Phi) is 6.57. The zero-order valence-corrected chi connectivity index (χ0v) is 17.1. The van der Waals surface area contributed by atoms with Gasteiger partial charge in [-0.3, -0.25) is 4.52 Å². The maximum atomic E-state index is 13.5. The molecule has 0 radical (unpaired) electrons. The van der Waals surface area contributed by atoms with Crippen LogP contribution in [0.2, 0.25) is 0 Å². The Morgan fingerprint density at radius 2 is 2.00 bits per heavy atom. The molecule has 0 bridgehead atoms. The Morgan fingerprint density at radius 1 is 1.23 bits per heavy atom. The summed E-state index contributed by atoms with van der Waals surface area (Å²) in [7, 11) is -3.96. The molecule has 0 fully saturated rings. The van der Waals surface area contributed by atoms with Crippen LogP contribution in [0.4, 0.5) is 19.0 Å². The predicted molar refractivity (Wildman–Crippen MR) is 99.3 cm³/mol. The van der Waals surface area contributed by atoms with Crippen molar-refractivity contribution in [3.63, 3.8) is 0 Å². The quantitative estimate of drug-likeness (QED) is 0.434. The van der Waals surface area contributed by atoms with Gasteiger partial charge in [-0.1, -0.05) is 5.16 Å². The van der Waals surface area contributed by atoms with Gasteiger partial charge in [-0.05, 0) is 44.4 Å². The molecular weight excluding hydrogens is 501 g/mol. The van der Waals surface area contributed by atoms with Crippen LogP contribution in [-0.4, -0.2) is 53.7 Å². The predicted octanol–water partition coefficient (Wildman–Crippen LogP) is 1.37. The van der Waals surface area contributed by atoms with E-state index in [-0.39, 0.29) is 34.0 Å². The fraction of sp³-hybridized carbons (Fsp3) is 0.286. The third-order valence-electron chi connectivity index (χ3n) is 3.59. The number of hydrogen-bond donors (Lipinski definition) is 2. The van der Waals surface area contributed by atoms with Crippen molar-refractivity contribution in [2.45, 2.75) is 6.43 Å². The molecule has 0 aliphatic carbocycles. The van der Waals surface area contributed by atoms with Crippen LogP contribution < -0.4 is 15.8 Å². The van der Waals surface area contributed by atoms with Crippen LogP contribution in [0.5, 0.6) is 0 Å². The molecule has 2 aromatic heterocycles. The molecule has 30 heavy (non-hydrogen) atoms. The first-order chi connectivity index (χ1) is 14.2. The maximum Gasteiger partial charge on any atom is 0.446 e. The second-order valence-electron chi connectivity index (χ2n) is 5.65. The molecule has 0 aliphatic rings. The minimum Gasteiger partial charge on any atom is -0.364 e. The zero-order chi connectivity index (χ0) is 21.9. The van der Waals surface area contributed by atoms with Crippen LogP contribution in [0.3, 0.4) is 0 Å². The van der Waals surface area contributed by atoms with Gasteiger partial charge in [0, 0.05) is 6.54 Å². The molecule has 0 saturated carbocycles. The number of nitrogens with zero attached hydrogens (tertiary/aromatic N) is 4. The van der Waals surface area contributed by atoms with Crippen LogP contribution in [0.25, 0.3) is 17.2 Å². The normalized spacial score (nSPS) is 11.9. The number of nitrogens with one attached hydrogen (secondary N) is 2. The summed E-state index contributed by atoms with van der Waals surface area (Å²) in [6.45, 7) is -1.25. The van der Waals surface area contributed by atoms with Crippen molar-refractivity contribution in [3.8, 4) is 17.2 Å². The number of aromatic nitrogens is 4. The number of sulfonamides is 1. The lowest BCUT2D eigenvalue weighted by atomic mass is 10.3. The van der Waals surface area contributed by atoms with Crippen molar-refractivity contribution >= 4 is 31.8 Å². The van der Waals surface area contributed by atoms with Gasteiger partial charge >= 0.3 is 5.76 Å². The number of benzene rings is 1. The highest BCUT2D eigenvalue weighted by molar-refractivity contribution is 9.10. The van der Waals surface area contributed by atoms with E-state index in [0.717, 1.165) is 10.6 Å². The summed E-state index contributed by atoms with van der Waals surface area (Å²) in [6.07, 6.45) is -2.82. The molecule has 162 valence electrons. The number of halogens is 4. The monoisotopic (exact) mass is 512 g/mol. The molecule has 2 heterocycles. The molecule has 0 aliphatic heterocycles. The summed E-state index contributed by atoms with van der Waals surface area (Å²) in [5.74, 6) is -2.25. The van der Waals surface area contributed by atoms with Gasteiger partial charge in [0.15, 0.2) is 5.69 Å². The highest BCUT2D eigenvalue weighted by Gasteiger charge is 2.23. The molecule has 0 atom stereocenters. The summed E-state index contributed by atoms with van der Waals surface area (Å²) in [4.78, 5) is 12.1. The molecular formula is C14H12BrF3N6O5S. The van der Waals surface area contributed by atoms with Gasteiger partial charge in [-0.15, -0.1) is 0 Å². The minimum absolute atomic E-state index is 0.0807. The average Bonchev–Trinajstić information content (AvgIpc) is 3.28. The topological polar surface area (TPSA) is 145 Å². The second kappa shape index (κ2) is 8.97. The summed E-state index contributed by atoms with van der Waals surface area (Å²) >= 11 is 3.01. The molecule has 0 saturated heterocycles. The fourth-order valence-corrected chi connectivity index (χ4v) is 3.53. The largest absolute Gasteiger partial charge is 0.446 e. The molecule has 16 heteroatoms. The third-order valence-corrected chi connectivity index (χ3v) is 5.54. The lowest BCUT2D eigenvalue weighted by Crippen LogP contribution is -2.33. The van der Waals surface area contributed by atoms with E-state index in [1.54, 1.807) is 4.72 Å². The maximum absolute atomic E-state index is 13.5. The molecule has 0 unspecified atom stereocenters. The first-order valence-corrected chi connectivity index (χ1v) is 10.5. The van der Waals surface area contributed by atoms with Crippen molar-refractivity contribution in [2.75, 3.05) is 24.2 Å². The Bertz CT molecular complexity index is 1190. The molecule has 11 nitrogen and oxygen atoms in total. The van der Waals surface area contributed by atoms with Crippen LogP contribution in [0, 0.1) is 5.82 Å². The highest BCUT2D eigenvalue weighted by Crippen LogP contribution is 2.26. The Hall–Kier alpha value is -2.72. The fourth-order valence-electron chi connectivity index (χ4n) is 2.27.